The summed E-state index contributed by atoms with van der Waals surface area (Å²) in [4.78, 5) is 22.9. The van der Waals surface area contributed by atoms with Crippen LogP contribution >= 0.6 is 0 Å². The van der Waals surface area contributed by atoms with Crippen molar-refractivity contribution in [3.63, 3.8) is 0 Å². The average molecular weight is 620 g/mol. The number of nitrogens with zero attached hydrogens (tertiary/aromatic N) is 7. The largest absolute Gasteiger partial charge is 0.494 e. The summed E-state index contributed by atoms with van der Waals surface area (Å²) in [5.41, 5.74) is 5.99. The predicted octanol–water partition coefficient (Wildman–Crippen LogP) is 4.58. The summed E-state index contributed by atoms with van der Waals surface area (Å²) in [5.74, 6) is 1.63. The number of likely N-dealkylation sites (N-methyl/N-ethyl adjacent to an activating group) is 1. The smallest absolute Gasteiger partial charge is 0.232 e. The molecule has 1 unspecified atom stereocenters. The first kappa shape index (κ1) is 31.2. The van der Waals surface area contributed by atoms with Crippen molar-refractivity contribution in [3.8, 4) is 5.75 Å². The zero-order chi connectivity index (χ0) is 31.6. The van der Waals surface area contributed by atoms with Gasteiger partial charge in [-0.05, 0) is 57.1 Å². The van der Waals surface area contributed by atoms with Crippen LogP contribution in [-0.2, 0) is 22.9 Å². The number of sulfonamides is 1. The maximum Gasteiger partial charge on any atom is 0.232 e. The van der Waals surface area contributed by atoms with E-state index in [-0.39, 0.29) is 0 Å². The highest BCUT2D eigenvalue weighted by atomic mass is 32.2. The van der Waals surface area contributed by atoms with E-state index >= 15 is 0 Å². The summed E-state index contributed by atoms with van der Waals surface area (Å²) in [7, 11) is 3.84. The Morgan fingerprint density at radius 3 is 2.41 bits per heavy atom. The average Bonchev–Trinajstić information content (AvgIpc) is 3.51. The van der Waals surface area contributed by atoms with E-state index in [1.165, 1.54) is 22.6 Å². The summed E-state index contributed by atoms with van der Waals surface area (Å²) in [6.07, 6.45) is 8.69. The second-order valence-corrected chi connectivity index (χ2v) is 13.2. The van der Waals surface area contributed by atoms with Crippen LogP contribution in [0.25, 0.3) is 11.0 Å². The van der Waals surface area contributed by atoms with Crippen LogP contribution in [0.5, 0.6) is 5.75 Å². The van der Waals surface area contributed by atoms with Gasteiger partial charge in [0.15, 0.2) is 0 Å². The van der Waals surface area contributed by atoms with Gasteiger partial charge < -0.3 is 25.2 Å². The van der Waals surface area contributed by atoms with Crippen molar-refractivity contribution < 1.29 is 13.2 Å². The van der Waals surface area contributed by atoms with Gasteiger partial charge in [-0.3, -0.25) is 14.3 Å². The van der Waals surface area contributed by atoms with Crippen molar-refractivity contribution in [2.45, 2.75) is 39.2 Å². The highest BCUT2D eigenvalue weighted by molar-refractivity contribution is 7.92. The fourth-order valence-electron chi connectivity index (χ4n) is 5.53. The van der Waals surface area contributed by atoms with Crippen LogP contribution in [0.15, 0.2) is 42.9 Å². The van der Waals surface area contributed by atoms with Crippen LogP contribution < -0.4 is 24.6 Å². The van der Waals surface area contributed by atoms with Gasteiger partial charge in [0.25, 0.3) is 0 Å². The number of methoxy groups -OCH3 is 1. The van der Waals surface area contributed by atoms with Gasteiger partial charge >= 0.3 is 0 Å². The van der Waals surface area contributed by atoms with Gasteiger partial charge in [-0.25, -0.2) is 13.4 Å². The Morgan fingerprint density at radius 1 is 1.00 bits per heavy atom. The second-order valence-electron chi connectivity index (χ2n) is 11.2. The van der Waals surface area contributed by atoms with Crippen molar-refractivity contribution in [3.05, 3.63) is 54.0 Å². The monoisotopic (exact) mass is 619 g/mol. The Morgan fingerprint density at radius 2 is 1.75 bits per heavy atom. The lowest BCUT2D eigenvalue weighted by atomic mass is 10.1. The minimum atomic E-state index is -3.60. The molecule has 44 heavy (non-hydrogen) atoms. The number of nitrogens with one attached hydrogen (secondary N) is 2. The molecular formula is C31H41N9O3S. The van der Waals surface area contributed by atoms with Crippen LogP contribution in [0.3, 0.4) is 0 Å². The van der Waals surface area contributed by atoms with E-state index in [1.54, 1.807) is 37.8 Å². The molecule has 1 fully saturated rings. The number of aromatic nitrogens is 4. The van der Waals surface area contributed by atoms with Gasteiger partial charge in [-0.1, -0.05) is 13.8 Å². The maximum atomic E-state index is 12.6. The van der Waals surface area contributed by atoms with Crippen LogP contribution in [0.1, 0.15) is 31.4 Å². The topological polar surface area (TPSA) is 129 Å². The standard InChI is InChI=1S/C31H41N9O3S/c1-8-20-16-25(27(43-6)17-26(20)40-15-12-22(19-40)38(3)4)36-31-34-18-21(9-2)30(37-31)35-24-11-10-23-28(33-14-13-32-23)29(24)39(5)44(7,41)42/h10-11,13-14,16-18,22H,8-9,12,15,19H2,1-7H3,(H2,34,35,36,37). The zero-order valence-corrected chi connectivity index (χ0v) is 27.2. The SMILES string of the molecule is CCc1cc(Nc2ncc(CC)c(Nc3ccc4nccnc4c3N(C)S(C)(=O)=O)n2)c(OC)cc1N1CCC(N(C)C)C1. The van der Waals surface area contributed by atoms with Crippen molar-refractivity contribution in [2.75, 3.05) is 67.4 Å². The first-order valence-corrected chi connectivity index (χ1v) is 16.6. The summed E-state index contributed by atoms with van der Waals surface area (Å²) < 4.78 is 32.3. The summed E-state index contributed by atoms with van der Waals surface area (Å²) >= 11 is 0. The van der Waals surface area contributed by atoms with Crippen LogP contribution in [-0.4, -0.2) is 86.9 Å². The maximum absolute atomic E-state index is 12.6. The predicted molar refractivity (Wildman–Crippen MR) is 177 cm³/mol. The van der Waals surface area contributed by atoms with E-state index in [0.29, 0.717) is 52.4 Å². The molecule has 13 heteroatoms. The van der Waals surface area contributed by atoms with E-state index in [4.69, 9.17) is 9.72 Å². The number of fused-ring (bicyclic) bond motifs is 1. The number of hydrogen-bond acceptors (Lipinski definition) is 11. The molecule has 1 aliphatic heterocycles. The lowest BCUT2D eigenvalue weighted by Gasteiger charge is -2.25. The first-order valence-electron chi connectivity index (χ1n) is 14.7. The van der Waals surface area contributed by atoms with Crippen molar-refractivity contribution >= 4 is 55.6 Å². The highest BCUT2D eigenvalue weighted by Gasteiger charge is 2.27. The zero-order valence-electron chi connectivity index (χ0n) is 26.4. The summed E-state index contributed by atoms with van der Waals surface area (Å²) in [5, 5.41) is 6.74. The molecule has 2 aromatic heterocycles. The van der Waals surface area contributed by atoms with E-state index in [1.807, 2.05) is 6.92 Å². The van der Waals surface area contributed by atoms with Gasteiger partial charge in [-0.15, -0.1) is 0 Å². The highest BCUT2D eigenvalue weighted by Crippen LogP contribution is 2.38. The van der Waals surface area contributed by atoms with E-state index < -0.39 is 10.0 Å². The minimum absolute atomic E-state index is 0.380. The Hall–Kier alpha value is -4.23. The fourth-order valence-corrected chi connectivity index (χ4v) is 6.05. The Balaban J connectivity index is 1.50. The Kier molecular flexibility index (Phi) is 9.07. The van der Waals surface area contributed by atoms with Crippen LogP contribution in [0.4, 0.5) is 34.5 Å². The van der Waals surface area contributed by atoms with Crippen molar-refractivity contribution in [1.82, 2.24) is 24.8 Å². The number of benzene rings is 2. The molecule has 1 aliphatic rings. The lowest BCUT2D eigenvalue weighted by Crippen LogP contribution is -2.31. The minimum Gasteiger partial charge on any atom is -0.494 e. The van der Waals surface area contributed by atoms with Crippen molar-refractivity contribution in [1.29, 1.82) is 0 Å². The van der Waals surface area contributed by atoms with Gasteiger partial charge in [-0.2, -0.15) is 4.98 Å². The first-order chi connectivity index (χ1) is 21.0. The normalized spacial score (nSPS) is 15.2. The molecule has 2 N–H and O–H groups in total. The summed E-state index contributed by atoms with van der Waals surface area (Å²) in [6, 6.07) is 8.32. The number of ether oxygens (including phenoxy) is 1. The molecule has 4 aromatic rings. The molecule has 5 rings (SSSR count). The molecule has 0 bridgehead atoms. The number of hydrogen-bond donors (Lipinski definition) is 2. The fraction of sp³-hybridized carbons (Fsp3) is 0.419. The van der Waals surface area contributed by atoms with E-state index in [2.05, 4.69) is 68.5 Å². The molecule has 0 radical (unpaired) electrons. The molecular weight excluding hydrogens is 578 g/mol. The van der Waals surface area contributed by atoms with Gasteiger partial charge in [0, 0.05) is 62.1 Å². The molecule has 12 nitrogen and oxygen atoms in total. The molecule has 0 spiro atoms. The van der Waals surface area contributed by atoms with Crippen LogP contribution in [0.2, 0.25) is 0 Å². The van der Waals surface area contributed by atoms with Gasteiger partial charge in [0.2, 0.25) is 16.0 Å². The molecule has 0 saturated carbocycles. The third kappa shape index (κ3) is 6.34. The second kappa shape index (κ2) is 12.8. The summed E-state index contributed by atoms with van der Waals surface area (Å²) in [6.45, 7) is 6.14. The Bertz CT molecular complexity index is 1760. The van der Waals surface area contributed by atoms with Crippen LogP contribution in [0, 0.1) is 0 Å². The molecule has 1 saturated heterocycles. The van der Waals surface area contributed by atoms with E-state index in [9.17, 15) is 8.42 Å². The molecule has 1 atom stereocenters. The van der Waals surface area contributed by atoms with E-state index in [0.717, 1.165) is 43.4 Å². The molecule has 0 amide bonds. The number of aryl methyl sites for hydroxylation is 2. The third-order valence-electron chi connectivity index (χ3n) is 8.19. The molecule has 234 valence electrons. The Labute approximate surface area is 259 Å². The molecule has 3 heterocycles. The van der Waals surface area contributed by atoms with Gasteiger partial charge in [0.05, 0.1) is 30.3 Å². The third-order valence-corrected chi connectivity index (χ3v) is 9.36. The molecule has 0 aliphatic carbocycles. The number of rotatable bonds is 11. The van der Waals surface area contributed by atoms with Gasteiger partial charge in [0.1, 0.15) is 22.8 Å². The quantitative estimate of drug-likeness (QED) is 0.245. The lowest BCUT2D eigenvalue weighted by molar-refractivity contribution is 0.315. The van der Waals surface area contributed by atoms with Crippen molar-refractivity contribution in [2.24, 2.45) is 0 Å². The number of anilines is 6. The molecule has 2 aromatic carbocycles.